The highest BCUT2D eigenvalue weighted by Gasteiger charge is 2.01. The van der Waals surface area contributed by atoms with E-state index < -0.39 is 0 Å². The van der Waals surface area contributed by atoms with Crippen molar-refractivity contribution in [2.45, 2.75) is 59.3 Å². The number of carbonyl (C=O) groups excluding carboxylic acids is 1. The third-order valence-corrected chi connectivity index (χ3v) is 2.30. The van der Waals surface area contributed by atoms with Crippen molar-refractivity contribution in [1.82, 2.24) is 5.32 Å². The van der Waals surface area contributed by atoms with Gasteiger partial charge in [0.15, 0.2) is 0 Å². The van der Waals surface area contributed by atoms with Crippen molar-refractivity contribution < 1.29 is 4.79 Å². The Labute approximate surface area is 88.5 Å². The Morgan fingerprint density at radius 1 is 1.21 bits per heavy atom. The van der Waals surface area contributed by atoms with E-state index in [9.17, 15) is 4.79 Å². The van der Waals surface area contributed by atoms with Crippen molar-refractivity contribution >= 4 is 5.91 Å². The maximum Gasteiger partial charge on any atom is 0.220 e. The Morgan fingerprint density at radius 2 is 1.93 bits per heavy atom. The number of hydrogen-bond acceptors (Lipinski definition) is 1. The molecule has 0 saturated heterocycles. The molecule has 0 atom stereocenters. The van der Waals surface area contributed by atoms with Gasteiger partial charge >= 0.3 is 0 Å². The van der Waals surface area contributed by atoms with Gasteiger partial charge in [0, 0.05) is 13.0 Å². The largest absolute Gasteiger partial charge is 0.356 e. The number of amides is 1. The normalized spacial score (nSPS) is 10.6. The van der Waals surface area contributed by atoms with E-state index in [0.29, 0.717) is 12.3 Å². The second kappa shape index (κ2) is 9.04. The second-order valence-electron chi connectivity index (χ2n) is 4.34. The summed E-state index contributed by atoms with van der Waals surface area (Å²) >= 11 is 0. The lowest BCUT2D eigenvalue weighted by atomic mass is 10.1. The van der Waals surface area contributed by atoms with Crippen LogP contribution in [0, 0.1) is 5.92 Å². The molecule has 2 heteroatoms. The van der Waals surface area contributed by atoms with Gasteiger partial charge in [-0.1, -0.05) is 40.0 Å². The molecule has 0 unspecified atom stereocenters. The van der Waals surface area contributed by atoms with Gasteiger partial charge in [-0.25, -0.2) is 0 Å². The molecule has 0 heterocycles. The second-order valence-corrected chi connectivity index (χ2v) is 4.34. The molecule has 0 aromatic heterocycles. The van der Waals surface area contributed by atoms with Crippen molar-refractivity contribution in [1.29, 1.82) is 0 Å². The minimum absolute atomic E-state index is 0.218. The molecule has 0 spiro atoms. The minimum Gasteiger partial charge on any atom is -0.356 e. The lowest BCUT2D eigenvalue weighted by Crippen LogP contribution is -2.24. The molecule has 14 heavy (non-hydrogen) atoms. The summed E-state index contributed by atoms with van der Waals surface area (Å²) in [6, 6.07) is 0. The van der Waals surface area contributed by atoms with Crippen molar-refractivity contribution in [2.24, 2.45) is 5.92 Å². The van der Waals surface area contributed by atoms with E-state index in [4.69, 9.17) is 0 Å². The lowest BCUT2D eigenvalue weighted by molar-refractivity contribution is -0.121. The predicted molar refractivity (Wildman–Crippen MR) is 61.2 cm³/mol. The van der Waals surface area contributed by atoms with Gasteiger partial charge in [0.05, 0.1) is 0 Å². The Hall–Kier alpha value is -0.530. The van der Waals surface area contributed by atoms with Crippen molar-refractivity contribution in [2.75, 3.05) is 6.54 Å². The first-order valence-corrected chi connectivity index (χ1v) is 5.93. The number of rotatable bonds is 8. The summed E-state index contributed by atoms with van der Waals surface area (Å²) in [5.74, 6) is 0.844. The first-order chi connectivity index (χ1) is 6.66. The zero-order chi connectivity index (χ0) is 10.8. The van der Waals surface area contributed by atoms with E-state index in [2.05, 4.69) is 26.1 Å². The van der Waals surface area contributed by atoms with Gasteiger partial charge in [-0.15, -0.1) is 0 Å². The molecule has 0 aromatic rings. The molecular weight excluding hydrogens is 174 g/mol. The van der Waals surface area contributed by atoms with Crippen LogP contribution in [0.15, 0.2) is 0 Å². The van der Waals surface area contributed by atoms with Crippen molar-refractivity contribution in [3.63, 3.8) is 0 Å². The molecule has 1 amide bonds. The Bertz CT molecular complexity index is 143. The highest BCUT2D eigenvalue weighted by molar-refractivity contribution is 5.75. The Morgan fingerprint density at radius 3 is 2.50 bits per heavy atom. The van der Waals surface area contributed by atoms with E-state index in [1.165, 1.54) is 19.3 Å². The van der Waals surface area contributed by atoms with Crippen LogP contribution in [-0.4, -0.2) is 12.5 Å². The smallest absolute Gasteiger partial charge is 0.220 e. The lowest BCUT2D eigenvalue weighted by Gasteiger charge is -2.06. The van der Waals surface area contributed by atoms with Gasteiger partial charge in [-0.2, -0.15) is 0 Å². The van der Waals surface area contributed by atoms with E-state index in [1.807, 2.05) is 0 Å². The van der Waals surface area contributed by atoms with Gasteiger partial charge in [0.25, 0.3) is 0 Å². The number of carbonyl (C=O) groups is 1. The fraction of sp³-hybridized carbons (Fsp3) is 0.917. The maximum atomic E-state index is 11.3. The molecule has 2 nitrogen and oxygen atoms in total. The van der Waals surface area contributed by atoms with Crippen molar-refractivity contribution in [3.8, 4) is 0 Å². The van der Waals surface area contributed by atoms with Crippen LogP contribution < -0.4 is 5.32 Å². The molecule has 0 radical (unpaired) electrons. The fourth-order valence-electron chi connectivity index (χ4n) is 1.29. The first-order valence-electron chi connectivity index (χ1n) is 5.93. The fourth-order valence-corrected chi connectivity index (χ4v) is 1.29. The average Bonchev–Trinajstić information content (AvgIpc) is 2.14. The molecule has 0 saturated carbocycles. The van der Waals surface area contributed by atoms with Crippen LogP contribution in [0.1, 0.15) is 59.3 Å². The highest BCUT2D eigenvalue weighted by Crippen LogP contribution is 2.03. The molecule has 1 N–H and O–H groups in total. The van der Waals surface area contributed by atoms with Crippen LogP contribution >= 0.6 is 0 Å². The average molecular weight is 199 g/mol. The molecule has 0 fully saturated rings. The molecule has 0 aliphatic carbocycles. The quantitative estimate of drug-likeness (QED) is 0.598. The van der Waals surface area contributed by atoms with Gasteiger partial charge in [-0.3, -0.25) is 4.79 Å². The standard InChI is InChI=1S/C12H25NO/c1-4-5-6-7-10-13-12(14)9-8-11(2)3/h11H,4-10H2,1-3H3,(H,13,14). The monoisotopic (exact) mass is 199 g/mol. The minimum atomic E-state index is 0.218. The highest BCUT2D eigenvalue weighted by atomic mass is 16.1. The third-order valence-electron chi connectivity index (χ3n) is 2.30. The number of unbranched alkanes of at least 4 members (excludes halogenated alkanes) is 3. The van der Waals surface area contributed by atoms with Crippen molar-refractivity contribution in [3.05, 3.63) is 0 Å². The molecule has 0 aromatic carbocycles. The molecule has 0 aliphatic heterocycles. The van der Waals surface area contributed by atoms with Crippen LogP contribution in [0.5, 0.6) is 0 Å². The van der Waals surface area contributed by atoms with E-state index in [0.717, 1.165) is 19.4 Å². The summed E-state index contributed by atoms with van der Waals surface area (Å²) in [6.45, 7) is 7.35. The van der Waals surface area contributed by atoms with Gasteiger partial charge in [-0.05, 0) is 18.8 Å². The number of nitrogens with one attached hydrogen (secondary N) is 1. The van der Waals surface area contributed by atoms with Crippen LogP contribution in [0.2, 0.25) is 0 Å². The summed E-state index contributed by atoms with van der Waals surface area (Å²) in [5.41, 5.74) is 0. The molecule has 0 rings (SSSR count). The Kier molecular flexibility index (Phi) is 8.70. The zero-order valence-electron chi connectivity index (χ0n) is 9.94. The van der Waals surface area contributed by atoms with Gasteiger partial charge in [0.1, 0.15) is 0 Å². The number of hydrogen-bond donors (Lipinski definition) is 1. The third kappa shape index (κ3) is 9.56. The summed E-state index contributed by atoms with van der Waals surface area (Å²) < 4.78 is 0. The van der Waals surface area contributed by atoms with Gasteiger partial charge in [0.2, 0.25) is 5.91 Å². The summed E-state index contributed by atoms with van der Waals surface area (Å²) in [5, 5.41) is 2.96. The molecular formula is C12H25NO. The summed E-state index contributed by atoms with van der Waals surface area (Å²) in [7, 11) is 0. The van der Waals surface area contributed by atoms with Gasteiger partial charge < -0.3 is 5.32 Å². The summed E-state index contributed by atoms with van der Waals surface area (Å²) in [4.78, 5) is 11.3. The van der Waals surface area contributed by atoms with Crippen LogP contribution in [0.4, 0.5) is 0 Å². The molecule has 0 bridgehead atoms. The van der Waals surface area contributed by atoms with Crippen LogP contribution in [0.3, 0.4) is 0 Å². The Balaban J connectivity index is 3.18. The zero-order valence-corrected chi connectivity index (χ0v) is 9.94. The SMILES string of the molecule is CCCCCCNC(=O)CCC(C)C. The van der Waals surface area contributed by atoms with E-state index in [-0.39, 0.29) is 5.91 Å². The van der Waals surface area contributed by atoms with E-state index >= 15 is 0 Å². The maximum absolute atomic E-state index is 11.3. The van der Waals surface area contributed by atoms with E-state index in [1.54, 1.807) is 0 Å². The molecule has 0 aliphatic rings. The molecule has 84 valence electrons. The van der Waals surface area contributed by atoms with Crippen LogP contribution in [-0.2, 0) is 4.79 Å². The first kappa shape index (κ1) is 13.5. The summed E-state index contributed by atoms with van der Waals surface area (Å²) in [6.07, 6.45) is 6.58. The predicted octanol–water partition coefficient (Wildman–Crippen LogP) is 3.12. The topological polar surface area (TPSA) is 29.1 Å². The van der Waals surface area contributed by atoms with Crippen LogP contribution in [0.25, 0.3) is 0 Å².